The minimum Gasteiger partial charge on any atom is -0.383 e. The van der Waals surface area contributed by atoms with E-state index >= 15 is 0 Å². The lowest BCUT2D eigenvalue weighted by Gasteiger charge is -2.13. The van der Waals surface area contributed by atoms with Crippen LogP contribution < -0.4 is 5.73 Å². The number of aliphatic imine (C=N–C) groups is 1. The first kappa shape index (κ1) is 22.2. The van der Waals surface area contributed by atoms with E-state index in [4.69, 9.17) is 10.7 Å². The zero-order chi connectivity index (χ0) is 22.5. The normalized spacial score (nSPS) is 12.2. The first-order chi connectivity index (χ1) is 15.5. The van der Waals surface area contributed by atoms with Crippen molar-refractivity contribution in [2.24, 2.45) is 10.7 Å². The molecule has 0 saturated heterocycles. The number of fused-ring (bicyclic) bond motifs is 1. The molecule has 0 aliphatic carbocycles. The predicted molar refractivity (Wildman–Crippen MR) is 136 cm³/mol. The van der Waals surface area contributed by atoms with Crippen LogP contribution in [0.15, 0.2) is 65.0 Å². The second-order valence-corrected chi connectivity index (χ2v) is 9.32. The zero-order valence-corrected chi connectivity index (χ0v) is 19.9. The number of aromatic nitrogens is 2. The van der Waals surface area contributed by atoms with Crippen LogP contribution >= 0.6 is 11.3 Å². The van der Waals surface area contributed by atoms with Crippen molar-refractivity contribution in [1.82, 2.24) is 14.5 Å². The van der Waals surface area contributed by atoms with Gasteiger partial charge in [-0.15, -0.1) is 11.3 Å². The Bertz CT molecular complexity index is 1190. The Morgan fingerprint density at radius 3 is 2.56 bits per heavy atom. The molecule has 0 aliphatic rings. The zero-order valence-electron chi connectivity index (χ0n) is 19.1. The smallest absolute Gasteiger partial charge is 0.141 e. The molecule has 0 fully saturated rings. The van der Waals surface area contributed by atoms with Gasteiger partial charge in [-0.1, -0.05) is 43.7 Å². The summed E-state index contributed by atoms with van der Waals surface area (Å²) >= 11 is 1.59. The monoisotopic (exact) mass is 445 g/mol. The molecule has 2 N–H and O–H groups in total. The van der Waals surface area contributed by atoms with Crippen LogP contribution in [0.3, 0.4) is 0 Å². The van der Waals surface area contributed by atoms with Gasteiger partial charge in [0.1, 0.15) is 11.7 Å². The van der Waals surface area contributed by atoms with Gasteiger partial charge in [-0.25, -0.2) is 9.98 Å². The highest BCUT2D eigenvalue weighted by atomic mass is 32.1. The number of aryl methyl sites for hydroxylation is 1. The summed E-state index contributed by atoms with van der Waals surface area (Å²) in [5.41, 5.74) is 11.8. The van der Waals surface area contributed by atoms with Gasteiger partial charge >= 0.3 is 0 Å². The predicted octanol–water partition coefficient (Wildman–Crippen LogP) is 5.24. The molecule has 166 valence electrons. The lowest BCUT2D eigenvalue weighted by atomic mass is 10.1. The molecule has 0 unspecified atom stereocenters. The van der Waals surface area contributed by atoms with E-state index in [-0.39, 0.29) is 0 Å². The van der Waals surface area contributed by atoms with Crippen LogP contribution in [0, 0.1) is 0 Å². The van der Waals surface area contributed by atoms with Crippen LogP contribution in [0.2, 0.25) is 0 Å². The van der Waals surface area contributed by atoms with Crippen molar-refractivity contribution in [2.45, 2.75) is 32.7 Å². The summed E-state index contributed by atoms with van der Waals surface area (Å²) in [5.74, 6) is 1.62. The van der Waals surface area contributed by atoms with Crippen molar-refractivity contribution in [3.63, 3.8) is 0 Å². The molecule has 5 nitrogen and oxygen atoms in total. The molecule has 2 aromatic heterocycles. The van der Waals surface area contributed by atoms with Crippen LogP contribution in [0.1, 0.15) is 35.2 Å². The van der Waals surface area contributed by atoms with Crippen molar-refractivity contribution >= 4 is 33.9 Å². The molecule has 6 heteroatoms. The number of hydrogen-bond donors (Lipinski definition) is 1. The Kier molecular flexibility index (Phi) is 7.02. The number of benzene rings is 2. The summed E-state index contributed by atoms with van der Waals surface area (Å²) in [4.78, 5) is 12.8. The van der Waals surface area contributed by atoms with Crippen molar-refractivity contribution in [2.75, 3.05) is 20.6 Å². The van der Waals surface area contributed by atoms with Crippen LogP contribution in [0.25, 0.3) is 11.0 Å². The minimum absolute atomic E-state index is 0.541. The molecule has 4 rings (SSSR count). The Morgan fingerprint density at radius 2 is 1.88 bits per heavy atom. The molecule has 0 aliphatic heterocycles. The number of nitrogens with two attached hydrogens (primary N) is 1. The topological polar surface area (TPSA) is 59.4 Å². The molecule has 0 atom stereocenters. The van der Waals surface area contributed by atoms with E-state index < -0.39 is 0 Å². The standard InChI is InChI=1S/C26H31N5S/c1-4-6-19-8-10-20(11-9-19)17-25-29-22-18-21(28-26(27)24-7-5-16-32-24)12-13-23(22)31(25)15-14-30(2)3/h5,7-13,16,18H,4,6,14-15,17H2,1-3H3,(H2,27,28). The number of rotatable bonds is 9. The third-order valence-corrected chi connectivity index (χ3v) is 6.42. The number of amidine groups is 1. The van der Waals surface area contributed by atoms with E-state index in [9.17, 15) is 0 Å². The minimum atomic E-state index is 0.541. The van der Waals surface area contributed by atoms with Crippen molar-refractivity contribution < 1.29 is 0 Å². The SMILES string of the molecule is CCCc1ccc(Cc2nc3cc(N=C(N)c4cccs4)ccc3n2CCN(C)C)cc1. The maximum absolute atomic E-state index is 6.20. The largest absolute Gasteiger partial charge is 0.383 e. The quantitative estimate of drug-likeness (QED) is 0.283. The van der Waals surface area contributed by atoms with Crippen LogP contribution in [-0.4, -0.2) is 40.9 Å². The molecule has 2 heterocycles. The molecule has 2 aromatic carbocycles. The average Bonchev–Trinajstić information content (AvgIpc) is 3.42. The number of likely N-dealkylation sites (N-methyl/N-ethyl adjacent to an activating group) is 1. The highest BCUT2D eigenvalue weighted by Crippen LogP contribution is 2.25. The molecule has 0 radical (unpaired) electrons. The average molecular weight is 446 g/mol. The third kappa shape index (κ3) is 5.26. The maximum Gasteiger partial charge on any atom is 0.141 e. The summed E-state index contributed by atoms with van der Waals surface area (Å²) in [6.45, 7) is 4.07. The fourth-order valence-electron chi connectivity index (χ4n) is 3.84. The van der Waals surface area contributed by atoms with Crippen molar-refractivity contribution in [3.05, 3.63) is 81.8 Å². The van der Waals surface area contributed by atoms with Gasteiger partial charge < -0.3 is 15.2 Å². The van der Waals surface area contributed by atoms with Gasteiger partial charge in [0.15, 0.2) is 0 Å². The lowest BCUT2D eigenvalue weighted by molar-refractivity contribution is 0.384. The molecule has 4 aromatic rings. The van der Waals surface area contributed by atoms with E-state index in [1.807, 2.05) is 29.6 Å². The van der Waals surface area contributed by atoms with Gasteiger partial charge in [0.25, 0.3) is 0 Å². The van der Waals surface area contributed by atoms with Gasteiger partial charge in [0, 0.05) is 19.5 Å². The first-order valence-electron chi connectivity index (χ1n) is 11.1. The first-order valence-corrected chi connectivity index (χ1v) is 12.0. The molecule has 0 spiro atoms. The number of nitrogens with zero attached hydrogens (tertiary/aromatic N) is 4. The Labute approximate surface area is 194 Å². The van der Waals surface area contributed by atoms with E-state index in [1.165, 1.54) is 17.5 Å². The van der Waals surface area contributed by atoms with E-state index in [2.05, 4.69) is 65.8 Å². The second-order valence-electron chi connectivity index (χ2n) is 8.37. The summed E-state index contributed by atoms with van der Waals surface area (Å²) < 4.78 is 2.34. The van der Waals surface area contributed by atoms with Gasteiger partial charge in [-0.05, 0) is 61.3 Å². The van der Waals surface area contributed by atoms with E-state index in [0.29, 0.717) is 5.84 Å². The number of thiophene rings is 1. The van der Waals surface area contributed by atoms with Crippen LogP contribution in [-0.2, 0) is 19.4 Å². The molecule has 0 amide bonds. The molecule has 32 heavy (non-hydrogen) atoms. The van der Waals surface area contributed by atoms with E-state index in [1.54, 1.807) is 11.3 Å². The van der Waals surface area contributed by atoms with Gasteiger partial charge in [0.2, 0.25) is 0 Å². The third-order valence-electron chi connectivity index (χ3n) is 5.53. The summed E-state index contributed by atoms with van der Waals surface area (Å²) in [5, 5.41) is 2.01. The van der Waals surface area contributed by atoms with Gasteiger partial charge in [0.05, 0.1) is 21.6 Å². The maximum atomic E-state index is 6.20. The van der Waals surface area contributed by atoms with Crippen molar-refractivity contribution in [1.29, 1.82) is 0 Å². The summed E-state index contributed by atoms with van der Waals surface area (Å²) in [7, 11) is 4.21. The molecular formula is C26H31N5S. The Balaban J connectivity index is 1.66. The Morgan fingerprint density at radius 1 is 1.09 bits per heavy atom. The van der Waals surface area contributed by atoms with Crippen LogP contribution in [0.4, 0.5) is 5.69 Å². The lowest BCUT2D eigenvalue weighted by Crippen LogP contribution is -2.19. The van der Waals surface area contributed by atoms with E-state index in [0.717, 1.165) is 53.4 Å². The number of imidazole rings is 1. The second kappa shape index (κ2) is 10.1. The Hall–Kier alpha value is -2.96. The molecular weight excluding hydrogens is 414 g/mol. The highest BCUT2D eigenvalue weighted by molar-refractivity contribution is 7.12. The molecule has 0 saturated carbocycles. The van der Waals surface area contributed by atoms with Crippen molar-refractivity contribution in [3.8, 4) is 0 Å². The fraction of sp³-hybridized carbons (Fsp3) is 0.308. The van der Waals surface area contributed by atoms with Gasteiger partial charge in [-0.3, -0.25) is 0 Å². The van der Waals surface area contributed by atoms with Gasteiger partial charge in [-0.2, -0.15) is 0 Å². The fourth-order valence-corrected chi connectivity index (χ4v) is 4.46. The molecule has 0 bridgehead atoms. The highest BCUT2D eigenvalue weighted by Gasteiger charge is 2.13. The van der Waals surface area contributed by atoms with Crippen LogP contribution in [0.5, 0.6) is 0 Å². The summed E-state index contributed by atoms with van der Waals surface area (Å²) in [6.07, 6.45) is 3.10. The summed E-state index contributed by atoms with van der Waals surface area (Å²) in [6, 6.07) is 19.1. The number of hydrogen-bond acceptors (Lipinski definition) is 4.